The Bertz CT molecular complexity index is 893. The Kier molecular flexibility index (Phi) is 5.16. The number of hydrogen-bond donors (Lipinski definition) is 1. The highest BCUT2D eigenvalue weighted by molar-refractivity contribution is 5.56. The Labute approximate surface area is 171 Å². The summed E-state index contributed by atoms with van der Waals surface area (Å²) in [7, 11) is 0. The molecular weight excluding hydrogens is 370 g/mol. The van der Waals surface area contributed by atoms with Crippen LogP contribution in [0.3, 0.4) is 0 Å². The number of hydrogen-bond acceptors (Lipinski definition) is 3. The van der Waals surface area contributed by atoms with E-state index in [0.717, 1.165) is 31.6 Å². The summed E-state index contributed by atoms with van der Waals surface area (Å²) in [6.07, 6.45) is 1.97. The van der Waals surface area contributed by atoms with Crippen molar-refractivity contribution >= 4 is 5.69 Å². The zero-order chi connectivity index (χ0) is 20.8. The van der Waals surface area contributed by atoms with E-state index in [-0.39, 0.29) is 23.0 Å². The van der Waals surface area contributed by atoms with Crippen LogP contribution in [0.4, 0.5) is 14.5 Å². The van der Waals surface area contributed by atoms with E-state index in [2.05, 4.69) is 37.8 Å². The monoisotopic (exact) mass is 400 g/mol. The summed E-state index contributed by atoms with van der Waals surface area (Å²) in [6.45, 7) is 9.18. The zero-order valence-electron chi connectivity index (χ0n) is 17.5. The lowest BCUT2D eigenvalue weighted by Crippen LogP contribution is -2.64. The number of halogens is 2. The second-order valence-electron chi connectivity index (χ2n) is 9.19. The molecule has 2 atom stereocenters. The Morgan fingerprint density at radius 2 is 1.79 bits per heavy atom. The third-order valence-corrected chi connectivity index (χ3v) is 7.63. The van der Waals surface area contributed by atoms with E-state index < -0.39 is 11.6 Å². The summed E-state index contributed by atoms with van der Waals surface area (Å²) in [4.78, 5) is 2.47. The van der Waals surface area contributed by atoms with Crippen LogP contribution in [0.2, 0.25) is 0 Å². The largest absolute Gasteiger partial charge is 0.398 e. The number of fused-ring (bicyclic) bond motifs is 4. The minimum atomic E-state index is -0.556. The van der Waals surface area contributed by atoms with Gasteiger partial charge in [-0.05, 0) is 54.1 Å². The average molecular weight is 401 g/mol. The molecular formula is C24H30F2N2O. The zero-order valence-corrected chi connectivity index (χ0v) is 17.5. The minimum Gasteiger partial charge on any atom is -0.398 e. The van der Waals surface area contributed by atoms with Gasteiger partial charge in [-0.2, -0.15) is 0 Å². The van der Waals surface area contributed by atoms with Crippen LogP contribution in [0, 0.1) is 17.0 Å². The third-order valence-electron chi connectivity index (χ3n) is 7.63. The van der Waals surface area contributed by atoms with E-state index >= 15 is 0 Å². The first kappa shape index (κ1) is 20.3. The third kappa shape index (κ3) is 3.24. The predicted octanol–water partition coefficient (Wildman–Crippen LogP) is 4.68. The highest BCUT2D eigenvalue weighted by Crippen LogP contribution is 2.56. The molecule has 2 aromatic rings. The number of likely N-dealkylation sites (tertiary alicyclic amines) is 1. The summed E-state index contributed by atoms with van der Waals surface area (Å²) in [5, 5.41) is 0. The number of nitrogen functional groups attached to an aromatic ring is 1. The van der Waals surface area contributed by atoms with Crippen LogP contribution < -0.4 is 5.73 Å². The van der Waals surface area contributed by atoms with Crippen molar-refractivity contribution in [1.29, 1.82) is 0 Å². The summed E-state index contributed by atoms with van der Waals surface area (Å²) in [5.74, 6) is -1.11. The lowest BCUT2D eigenvalue weighted by molar-refractivity contribution is -0.0493. The van der Waals surface area contributed by atoms with E-state index in [9.17, 15) is 8.78 Å². The van der Waals surface area contributed by atoms with Gasteiger partial charge in [0.25, 0.3) is 0 Å². The molecule has 0 unspecified atom stereocenters. The molecule has 1 heterocycles. The van der Waals surface area contributed by atoms with E-state index in [1.165, 1.54) is 29.3 Å². The quantitative estimate of drug-likeness (QED) is 0.585. The molecule has 1 fully saturated rings. The normalized spacial score (nSPS) is 25.6. The van der Waals surface area contributed by atoms with Gasteiger partial charge in [-0.3, -0.25) is 4.90 Å². The fraction of sp³-hybridized carbons (Fsp3) is 0.500. The first-order valence-corrected chi connectivity index (χ1v) is 10.4. The molecule has 0 radical (unpaired) electrons. The fourth-order valence-corrected chi connectivity index (χ4v) is 5.37. The van der Waals surface area contributed by atoms with Crippen LogP contribution in [-0.4, -0.2) is 30.6 Å². The van der Waals surface area contributed by atoms with Crippen LogP contribution in [0.5, 0.6) is 0 Å². The predicted molar refractivity (Wildman–Crippen MR) is 112 cm³/mol. The molecule has 3 nitrogen and oxygen atoms in total. The lowest BCUT2D eigenvalue weighted by Gasteiger charge is -2.61. The Morgan fingerprint density at radius 1 is 1.10 bits per heavy atom. The average Bonchev–Trinajstić information content (AvgIpc) is 2.66. The number of piperidine rings is 1. The topological polar surface area (TPSA) is 38.5 Å². The van der Waals surface area contributed by atoms with E-state index in [4.69, 9.17) is 10.5 Å². The maximum atomic E-state index is 13.8. The number of anilines is 1. The van der Waals surface area contributed by atoms with Crippen molar-refractivity contribution in [2.24, 2.45) is 5.41 Å². The summed E-state index contributed by atoms with van der Waals surface area (Å²) < 4.78 is 33.2. The van der Waals surface area contributed by atoms with Crippen LogP contribution >= 0.6 is 0 Å². The number of nitrogens with two attached hydrogens (primary N) is 1. The van der Waals surface area contributed by atoms with Gasteiger partial charge >= 0.3 is 0 Å². The molecule has 2 N–H and O–H groups in total. The lowest BCUT2D eigenvalue weighted by atomic mass is 9.51. The highest BCUT2D eigenvalue weighted by Gasteiger charge is 2.55. The SMILES string of the molecule is CC1(C)[C@H]2Cc3c(N)cccc3[C@]1(C)CCN2CCOCc1c(F)cccc1F. The van der Waals surface area contributed by atoms with E-state index in [1.54, 1.807) is 0 Å². The first-order valence-electron chi connectivity index (χ1n) is 10.4. The van der Waals surface area contributed by atoms with Gasteiger partial charge in [-0.25, -0.2) is 8.78 Å². The van der Waals surface area contributed by atoms with Gasteiger partial charge in [0.1, 0.15) is 11.6 Å². The standard InChI is InChI=1S/C24H30F2N2O/c1-23(2)22-14-16-18(6-4-9-21(16)27)24(23,3)10-11-28(22)12-13-29-15-17-19(25)7-5-8-20(17)26/h4-9,22H,10-15,27H2,1-3H3/t22-,24+/m1/s1. The second kappa shape index (κ2) is 7.37. The van der Waals surface area contributed by atoms with Gasteiger partial charge < -0.3 is 10.5 Å². The first-order chi connectivity index (χ1) is 13.8. The molecule has 1 aliphatic heterocycles. The molecule has 2 bridgehead atoms. The van der Waals surface area contributed by atoms with Crippen LogP contribution in [0.25, 0.3) is 0 Å². The number of rotatable bonds is 5. The molecule has 0 aromatic heterocycles. The van der Waals surface area contributed by atoms with Crippen molar-refractivity contribution in [3.8, 4) is 0 Å². The summed E-state index contributed by atoms with van der Waals surface area (Å²) in [5.41, 5.74) is 10.0. The minimum absolute atomic E-state index is 0.00147. The van der Waals surface area contributed by atoms with Gasteiger partial charge in [0.2, 0.25) is 0 Å². The van der Waals surface area contributed by atoms with Crippen LogP contribution in [0.15, 0.2) is 36.4 Å². The van der Waals surface area contributed by atoms with Gasteiger partial charge in [0.15, 0.2) is 0 Å². The van der Waals surface area contributed by atoms with Crippen LogP contribution in [-0.2, 0) is 23.2 Å². The van der Waals surface area contributed by atoms with Crippen LogP contribution in [0.1, 0.15) is 43.9 Å². The molecule has 0 amide bonds. The molecule has 156 valence electrons. The summed E-state index contributed by atoms with van der Waals surface area (Å²) in [6, 6.07) is 10.6. The second-order valence-corrected chi connectivity index (χ2v) is 9.19. The van der Waals surface area contributed by atoms with Crippen molar-refractivity contribution in [1.82, 2.24) is 4.90 Å². The summed E-state index contributed by atoms with van der Waals surface area (Å²) >= 11 is 0. The Morgan fingerprint density at radius 3 is 2.52 bits per heavy atom. The van der Waals surface area contributed by atoms with Crippen molar-refractivity contribution < 1.29 is 13.5 Å². The molecule has 0 saturated carbocycles. The molecule has 1 aliphatic carbocycles. The molecule has 2 aromatic carbocycles. The maximum Gasteiger partial charge on any atom is 0.131 e. The molecule has 2 aliphatic rings. The van der Waals surface area contributed by atoms with E-state index in [1.807, 2.05) is 6.07 Å². The van der Waals surface area contributed by atoms with Crippen molar-refractivity contribution in [2.75, 3.05) is 25.4 Å². The molecule has 0 spiro atoms. The van der Waals surface area contributed by atoms with Crippen molar-refractivity contribution in [2.45, 2.75) is 51.7 Å². The maximum absolute atomic E-state index is 13.8. The Hall–Kier alpha value is -1.98. The molecule has 4 rings (SSSR count). The van der Waals surface area contributed by atoms with Gasteiger partial charge in [0.05, 0.1) is 13.2 Å². The smallest absolute Gasteiger partial charge is 0.131 e. The van der Waals surface area contributed by atoms with Crippen molar-refractivity contribution in [3.63, 3.8) is 0 Å². The van der Waals surface area contributed by atoms with Gasteiger partial charge in [-0.15, -0.1) is 0 Å². The fourth-order valence-electron chi connectivity index (χ4n) is 5.37. The van der Waals surface area contributed by atoms with Gasteiger partial charge in [0, 0.05) is 29.3 Å². The van der Waals surface area contributed by atoms with Crippen molar-refractivity contribution in [3.05, 3.63) is 64.7 Å². The highest BCUT2D eigenvalue weighted by atomic mass is 19.1. The number of nitrogens with zero attached hydrogens (tertiary/aromatic N) is 1. The van der Waals surface area contributed by atoms with Gasteiger partial charge in [-0.1, -0.05) is 39.0 Å². The molecule has 5 heteroatoms. The molecule has 29 heavy (non-hydrogen) atoms. The van der Waals surface area contributed by atoms with E-state index in [0.29, 0.717) is 12.6 Å². The molecule has 1 saturated heterocycles. The number of ether oxygens (including phenoxy) is 1. The Balaban J connectivity index is 1.47. The number of benzene rings is 2.